The number of aromatic nitrogens is 2. The van der Waals surface area contributed by atoms with Gasteiger partial charge in [0.25, 0.3) is 5.91 Å². The van der Waals surface area contributed by atoms with Gasteiger partial charge < -0.3 is 9.84 Å². The summed E-state index contributed by atoms with van der Waals surface area (Å²) in [6.45, 7) is 1.94. The average Bonchev–Trinajstić information content (AvgIpc) is 3.17. The third-order valence-corrected chi connectivity index (χ3v) is 4.17. The topological polar surface area (TPSA) is 68.0 Å². The lowest BCUT2D eigenvalue weighted by Crippen LogP contribution is -2.12. The zero-order valence-corrected chi connectivity index (χ0v) is 14.2. The molecule has 2 aromatic carbocycles. The summed E-state index contributed by atoms with van der Waals surface area (Å²) in [6.07, 6.45) is 1.69. The zero-order valence-electron chi connectivity index (χ0n) is 14.2. The van der Waals surface area contributed by atoms with E-state index >= 15 is 0 Å². The normalized spacial score (nSPS) is 10.9. The molecular formula is C20H13F2N3O2. The third-order valence-electron chi connectivity index (χ3n) is 4.17. The van der Waals surface area contributed by atoms with Crippen molar-refractivity contribution in [3.8, 4) is 11.3 Å². The largest absolute Gasteiger partial charge is 0.355 e. The second kappa shape index (κ2) is 6.60. The fourth-order valence-electron chi connectivity index (χ4n) is 2.78. The van der Waals surface area contributed by atoms with Crippen molar-refractivity contribution in [1.29, 1.82) is 0 Å². The molecule has 4 rings (SSSR count). The Labute approximate surface area is 152 Å². The molecule has 2 heterocycles. The summed E-state index contributed by atoms with van der Waals surface area (Å²) < 4.78 is 31.5. The maximum absolute atomic E-state index is 13.4. The standard InChI is InChI=1S/C20H13F2N3O2/c1-11-4-7-16(13-3-2-8-23-19(11)13)24-20(26)17-10-18(27-25-17)12-5-6-14(21)15(22)9-12/h2-10H,1H3,(H,24,26). The molecule has 134 valence electrons. The first-order valence-corrected chi connectivity index (χ1v) is 8.11. The number of nitrogens with one attached hydrogen (secondary N) is 1. The number of nitrogens with zero attached hydrogens (tertiary/aromatic N) is 2. The average molecular weight is 365 g/mol. The van der Waals surface area contributed by atoms with Crippen LogP contribution < -0.4 is 5.32 Å². The molecule has 0 aliphatic heterocycles. The SMILES string of the molecule is Cc1ccc(NC(=O)c2cc(-c3ccc(F)c(F)c3)on2)c2cccnc12. The van der Waals surface area contributed by atoms with Crippen LogP contribution in [0.3, 0.4) is 0 Å². The Hall–Kier alpha value is -3.61. The van der Waals surface area contributed by atoms with E-state index in [-0.39, 0.29) is 17.0 Å². The van der Waals surface area contributed by atoms with E-state index in [0.29, 0.717) is 5.69 Å². The van der Waals surface area contributed by atoms with E-state index in [0.717, 1.165) is 28.6 Å². The molecule has 7 heteroatoms. The van der Waals surface area contributed by atoms with Crippen LogP contribution in [0.25, 0.3) is 22.2 Å². The fourth-order valence-corrected chi connectivity index (χ4v) is 2.78. The molecule has 0 bridgehead atoms. The summed E-state index contributed by atoms with van der Waals surface area (Å²) in [7, 11) is 0. The molecule has 27 heavy (non-hydrogen) atoms. The van der Waals surface area contributed by atoms with Crippen molar-refractivity contribution in [3.05, 3.63) is 77.6 Å². The van der Waals surface area contributed by atoms with E-state index in [1.807, 2.05) is 19.1 Å². The quantitative estimate of drug-likeness (QED) is 0.570. The minimum atomic E-state index is -1.01. The van der Waals surface area contributed by atoms with E-state index in [9.17, 15) is 13.6 Å². The van der Waals surface area contributed by atoms with Gasteiger partial charge >= 0.3 is 0 Å². The van der Waals surface area contributed by atoms with E-state index in [4.69, 9.17) is 4.52 Å². The highest BCUT2D eigenvalue weighted by Crippen LogP contribution is 2.26. The summed E-state index contributed by atoms with van der Waals surface area (Å²) >= 11 is 0. The molecule has 0 aliphatic rings. The number of halogens is 2. The van der Waals surface area contributed by atoms with Gasteiger partial charge in [-0.25, -0.2) is 8.78 Å². The first-order valence-electron chi connectivity index (χ1n) is 8.11. The molecule has 0 radical (unpaired) electrons. The number of benzene rings is 2. The number of hydrogen-bond acceptors (Lipinski definition) is 4. The van der Waals surface area contributed by atoms with Gasteiger partial charge in [-0.05, 0) is 48.9 Å². The summed E-state index contributed by atoms with van der Waals surface area (Å²) in [6, 6.07) is 12.0. The van der Waals surface area contributed by atoms with Gasteiger partial charge in [-0.2, -0.15) is 0 Å². The van der Waals surface area contributed by atoms with Crippen LogP contribution in [0, 0.1) is 18.6 Å². The fraction of sp³-hybridized carbons (Fsp3) is 0.0500. The van der Waals surface area contributed by atoms with Gasteiger partial charge in [0.05, 0.1) is 11.2 Å². The van der Waals surface area contributed by atoms with Gasteiger partial charge in [-0.3, -0.25) is 9.78 Å². The van der Waals surface area contributed by atoms with Crippen molar-refractivity contribution in [1.82, 2.24) is 10.1 Å². The molecule has 1 N–H and O–H groups in total. The molecule has 0 saturated heterocycles. The smallest absolute Gasteiger partial charge is 0.277 e. The number of anilines is 1. The Morgan fingerprint density at radius 2 is 1.93 bits per heavy atom. The number of rotatable bonds is 3. The Bertz CT molecular complexity index is 1170. The van der Waals surface area contributed by atoms with Crippen molar-refractivity contribution < 1.29 is 18.1 Å². The Morgan fingerprint density at radius 1 is 1.07 bits per heavy atom. The van der Waals surface area contributed by atoms with Gasteiger partial charge in [0.15, 0.2) is 23.1 Å². The second-order valence-electron chi connectivity index (χ2n) is 5.99. The molecule has 0 unspecified atom stereocenters. The maximum Gasteiger partial charge on any atom is 0.277 e. The van der Waals surface area contributed by atoms with Crippen molar-refractivity contribution in [2.45, 2.75) is 6.92 Å². The van der Waals surface area contributed by atoms with Crippen molar-refractivity contribution >= 4 is 22.5 Å². The monoisotopic (exact) mass is 365 g/mol. The van der Waals surface area contributed by atoms with Gasteiger partial charge in [0.1, 0.15) is 0 Å². The summed E-state index contributed by atoms with van der Waals surface area (Å²) in [4.78, 5) is 16.8. The van der Waals surface area contributed by atoms with Gasteiger partial charge in [-0.1, -0.05) is 11.2 Å². The van der Waals surface area contributed by atoms with E-state index in [1.54, 1.807) is 18.3 Å². The highest BCUT2D eigenvalue weighted by atomic mass is 19.2. The molecular weight excluding hydrogens is 352 g/mol. The molecule has 2 aromatic heterocycles. The van der Waals surface area contributed by atoms with Crippen LogP contribution in [0.2, 0.25) is 0 Å². The zero-order chi connectivity index (χ0) is 19.0. The number of aryl methyl sites for hydroxylation is 1. The van der Waals surface area contributed by atoms with Crippen molar-refractivity contribution in [2.24, 2.45) is 0 Å². The molecule has 4 aromatic rings. The minimum absolute atomic E-state index is 0.0207. The second-order valence-corrected chi connectivity index (χ2v) is 5.99. The van der Waals surface area contributed by atoms with Crippen LogP contribution in [0.5, 0.6) is 0 Å². The molecule has 0 atom stereocenters. The number of carbonyl (C=O) groups is 1. The van der Waals surface area contributed by atoms with Crippen LogP contribution >= 0.6 is 0 Å². The maximum atomic E-state index is 13.4. The van der Waals surface area contributed by atoms with Gasteiger partial charge in [0, 0.05) is 23.2 Å². The number of fused-ring (bicyclic) bond motifs is 1. The van der Waals surface area contributed by atoms with Crippen LogP contribution in [-0.2, 0) is 0 Å². The number of amides is 1. The lowest BCUT2D eigenvalue weighted by Gasteiger charge is -2.08. The first-order chi connectivity index (χ1) is 13.0. The predicted octanol–water partition coefficient (Wildman–Crippen LogP) is 4.73. The number of carbonyl (C=O) groups excluding carboxylic acids is 1. The van der Waals surface area contributed by atoms with Crippen molar-refractivity contribution in [2.75, 3.05) is 5.32 Å². The summed E-state index contributed by atoms with van der Waals surface area (Å²) in [5.41, 5.74) is 2.67. The third kappa shape index (κ3) is 3.15. The van der Waals surface area contributed by atoms with Gasteiger partial charge in [0.2, 0.25) is 0 Å². The highest BCUT2D eigenvalue weighted by molar-refractivity contribution is 6.08. The molecule has 0 spiro atoms. The lowest BCUT2D eigenvalue weighted by atomic mass is 10.1. The van der Waals surface area contributed by atoms with Crippen LogP contribution in [0.1, 0.15) is 16.1 Å². The number of pyridine rings is 1. The Kier molecular flexibility index (Phi) is 4.12. The molecule has 1 amide bonds. The summed E-state index contributed by atoms with van der Waals surface area (Å²) in [5.74, 6) is -2.29. The van der Waals surface area contributed by atoms with E-state index in [2.05, 4.69) is 15.5 Å². The lowest BCUT2D eigenvalue weighted by molar-refractivity contribution is 0.101. The minimum Gasteiger partial charge on any atom is -0.355 e. The van der Waals surface area contributed by atoms with Crippen molar-refractivity contribution in [3.63, 3.8) is 0 Å². The Balaban J connectivity index is 1.62. The van der Waals surface area contributed by atoms with Crippen LogP contribution in [0.15, 0.2) is 59.3 Å². The molecule has 0 aliphatic carbocycles. The molecule has 0 fully saturated rings. The molecule has 5 nitrogen and oxygen atoms in total. The number of hydrogen-bond donors (Lipinski definition) is 1. The van der Waals surface area contributed by atoms with Crippen LogP contribution in [0.4, 0.5) is 14.5 Å². The predicted molar refractivity (Wildman–Crippen MR) is 96.3 cm³/mol. The van der Waals surface area contributed by atoms with Gasteiger partial charge in [-0.15, -0.1) is 0 Å². The van der Waals surface area contributed by atoms with E-state index in [1.165, 1.54) is 12.1 Å². The summed E-state index contributed by atoms with van der Waals surface area (Å²) in [5, 5.41) is 7.30. The van der Waals surface area contributed by atoms with E-state index < -0.39 is 17.5 Å². The first kappa shape index (κ1) is 16.8. The highest BCUT2D eigenvalue weighted by Gasteiger charge is 2.16. The van der Waals surface area contributed by atoms with Crippen LogP contribution in [-0.4, -0.2) is 16.0 Å². The molecule has 0 saturated carbocycles. The Morgan fingerprint density at radius 3 is 2.74 bits per heavy atom.